The van der Waals surface area contributed by atoms with Crippen molar-refractivity contribution in [3.63, 3.8) is 0 Å². The van der Waals surface area contributed by atoms with Gasteiger partial charge >= 0.3 is 6.18 Å². The molecule has 0 aliphatic carbocycles. The van der Waals surface area contributed by atoms with Crippen LogP contribution in [0.2, 0.25) is 0 Å². The molecule has 0 bridgehead atoms. The molecule has 0 aliphatic rings. The highest BCUT2D eigenvalue weighted by Gasteiger charge is 2.30. The first-order valence-electron chi connectivity index (χ1n) is 9.27. The summed E-state index contributed by atoms with van der Waals surface area (Å²) < 4.78 is 42.6. The van der Waals surface area contributed by atoms with Crippen LogP contribution >= 0.6 is 0 Å². The molecule has 8 heteroatoms. The van der Waals surface area contributed by atoms with Crippen LogP contribution in [-0.2, 0) is 12.7 Å². The van der Waals surface area contributed by atoms with Gasteiger partial charge in [-0.05, 0) is 43.3 Å². The highest BCUT2D eigenvalue weighted by Crippen LogP contribution is 2.31. The molecule has 0 N–H and O–H groups in total. The Bertz CT molecular complexity index is 1300. The molecule has 0 fully saturated rings. The second kappa shape index (κ2) is 7.62. The average Bonchev–Trinajstić information content (AvgIpc) is 3.20. The van der Waals surface area contributed by atoms with Crippen molar-refractivity contribution >= 4 is 17.1 Å². The van der Waals surface area contributed by atoms with Gasteiger partial charge < -0.3 is 4.57 Å². The van der Waals surface area contributed by atoms with E-state index in [-0.39, 0.29) is 11.4 Å². The minimum absolute atomic E-state index is 0.0376. The molecule has 0 saturated carbocycles. The summed E-state index contributed by atoms with van der Waals surface area (Å²) in [6.45, 7) is 2.68. The third-order valence-electron chi connectivity index (χ3n) is 4.71. The van der Waals surface area contributed by atoms with Crippen LogP contribution in [0.1, 0.15) is 18.2 Å². The Morgan fingerprint density at radius 3 is 2.63 bits per heavy atom. The molecule has 0 unspecified atom stereocenters. The summed E-state index contributed by atoms with van der Waals surface area (Å²) in [5.41, 5.74) is 0.0122. The molecule has 2 aromatic heterocycles. The summed E-state index contributed by atoms with van der Waals surface area (Å²) in [4.78, 5) is 17.5. The SMILES string of the molecule is CCn1cccc1C=Nn1c(-c2cccc(C(F)(F)F)c2)nc2ccccc2c1=O. The van der Waals surface area contributed by atoms with Crippen molar-refractivity contribution in [1.29, 1.82) is 0 Å². The van der Waals surface area contributed by atoms with E-state index in [1.54, 1.807) is 24.3 Å². The fourth-order valence-electron chi connectivity index (χ4n) is 3.20. The molecule has 0 radical (unpaired) electrons. The number of hydrogen-bond acceptors (Lipinski definition) is 3. The van der Waals surface area contributed by atoms with Crippen molar-refractivity contribution in [2.24, 2.45) is 5.10 Å². The normalized spacial score (nSPS) is 12.1. The predicted octanol–water partition coefficient (Wildman–Crippen LogP) is 4.79. The molecule has 0 aliphatic heterocycles. The minimum atomic E-state index is -4.51. The Kier molecular flexibility index (Phi) is 4.99. The fourth-order valence-corrected chi connectivity index (χ4v) is 3.20. The van der Waals surface area contributed by atoms with E-state index in [0.717, 1.165) is 22.5 Å². The predicted molar refractivity (Wildman–Crippen MR) is 110 cm³/mol. The lowest BCUT2D eigenvalue weighted by molar-refractivity contribution is -0.137. The number of alkyl halides is 3. The summed E-state index contributed by atoms with van der Waals surface area (Å²) in [5.74, 6) is 0.0376. The Hall–Kier alpha value is -3.68. The maximum atomic E-state index is 13.2. The molecule has 2 aromatic carbocycles. The van der Waals surface area contributed by atoms with Crippen LogP contribution in [0.3, 0.4) is 0 Å². The van der Waals surface area contributed by atoms with Gasteiger partial charge in [0, 0.05) is 18.3 Å². The van der Waals surface area contributed by atoms with Crippen LogP contribution in [0.5, 0.6) is 0 Å². The maximum Gasteiger partial charge on any atom is 0.416 e. The van der Waals surface area contributed by atoms with Crippen LogP contribution < -0.4 is 5.56 Å². The highest BCUT2D eigenvalue weighted by atomic mass is 19.4. The van der Waals surface area contributed by atoms with Gasteiger partial charge in [-0.3, -0.25) is 4.79 Å². The van der Waals surface area contributed by atoms with Gasteiger partial charge in [0.15, 0.2) is 5.82 Å². The lowest BCUT2D eigenvalue weighted by Gasteiger charge is -2.12. The molecule has 0 amide bonds. The van der Waals surface area contributed by atoms with Crippen LogP contribution in [0.15, 0.2) is 76.8 Å². The lowest BCUT2D eigenvalue weighted by Crippen LogP contribution is -2.20. The number of aryl methyl sites for hydroxylation is 1. The lowest BCUT2D eigenvalue weighted by atomic mass is 10.1. The van der Waals surface area contributed by atoms with E-state index in [0.29, 0.717) is 17.4 Å². The van der Waals surface area contributed by atoms with E-state index >= 15 is 0 Å². The summed E-state index contributed by atoms with van der Waals surface area (Å²) in [6, 6.07) is 15.1. The Morgan fingerprint density at radius 1 is 1.07 bits per heavy atom. The molecule has 4 rings (SSSR count). The standard InChI is InChI=1S/C22H17F3N4O/c1-2-28-12-6-9-17(28)14-26-29-20(15-7-5-8-16(13-15)22(23,24)25)27-19-11-4-3-10-18(19)21(29)30/h3-14H,2H2,1H3. The molecule has 0 saturated heterocycles. The van der Waals surface area contributed by atoms with Crippen LogP contribution in [-0.4, -0.2) is 20.4 Å². The number of para-hydroxylation sites is 1. The Balaban J connectivity index is 1.95. The van der Waals surface area contributed by atoms with Crippen LogP contribution in [0.4, 0.5) is 13.2 Å². The molecule has 4 aromatic rings. The second-order valence-corrected chi connectivity index (χ2v) is 6.61. The molecular weight excluding hydrogens is 393 g/mol. The third kappa shape index (κ3) is 3.63. The number of hydrogen-bond donors (Lipinski definition) is 0. The molecule has 0 spiro atoms. The average molecular weight is 410 g/mol. The van der Waals surface area contributed by atoms with Gasteiger partial charge in [-0.15, -0.1) is 0 Å². The molecule has 152 valence electrons. The van der Waals surface area contributed by atoms with Crippen LogP contribution in [0, 0.1) is 0 Å². The van der Waals surface area contributed by atoms with Crippen molar-refractivity contribution in [1.82, 2.24) is 14.2 Å². The third-order valence-corrected chi connectivity index (χ3v) is 4.71. The molecular formula is C22H17F3N4O. The summed E-state index contributed by atoms with van der Waals surface area (Å²) in [6.07, 6.45) is -1.14. The highest BCUT2D eigenvalue weighted by molar-refractivity contribution is 5.81. The van der Waals surface area contributed by atoms with Crippen molar-refractivity contribution in [3.05, 3.63) is 88.5 Å². The molecule has 2 heterocycles. The maximum absolute atomic E-state index is 13.2. The largest absolute Gasteiger partial charge is 0.416 e. The van der Waals surface area contributed by atoms with Crippen molar-refractivity contribution in [3.8, 4) is 11.4 Å². The van der Waals surface area contributed by atoms with Crippen molar-refractivity contribution < 1.29 is 13.2 Å². The number of benzene rings is 2. The first-order chi connectivity index (χ1) is 14.4. The number of rotatable bonds is 4. The number of nitrogens with zero attached hydrogens (tertiary/aromatic N) is 4. The molecule has 0 atom stereocenters. The second-order valence-electron chi connectivity index (χ2n) is 6.61. The fraction of sp³-hybridized carbons (Fsp3) is 0.136. The number of aromatic nitrogens is 3. The Morgan fingerprint density at radius 2 is 1.87 bits per heavy atom. The van der Waals surface area contributed by atoms with Gasteiger partial charge in [0.05, 0.1) is 28.4 Å². The smallest absolute Gasteiger partial charge is 0.347 e. The van der Waals surface area contributed by atoms with E-state index in [9.17, 15) is 18.0 Å². The van der Waals surface area contributed by atoms with E-state index in [1.807, 2.05) is 29.8 Å². The topological polar surface area (TPSA) is 52.2 Å². The first-order valence-corrected chi connectivity index (χ1v) is 9.27. The first kappa shape index (κ1) is 19.6. The van der Waals surface area contributed by atoms with Crippen molar-refractivity contribution in [2.45, 2.75) is 19.6 Å². The molecule has 30 heavy (non-hydrogen) atoms. The van der Waals surface area contributed by atoms with E-state index in [4.69, 9.17) is 0 Å². The van der Waals surface area contributed by atoms with Gasteiger partial charge in [-0.2, -0.15) is 22.9 Å². The number of halogens is 3. The van der Waals surface area contributed by atoms with Gasteiger partial charge in [0.2, 0.25) is 0 Å². The van der Waals surface area contributed by atoms with Gasteiger partial charge in [0.1, 0.15) is 0 Å². The zero-order chi connectivity index (χ0) is 21.3. The number of fused-ring (bicyclic) bond motifs is 1. The van der Waals surface area contributed by atoms with Crippen molar-refractivity contribution in [2.75, 3.05) is 0 Å². The minimum Gasteiger partial charge on any atom is -0.347 e. The van der Waals surface area contributed by atoms with Crippen LogP contribution in [0.25, 0.3) is 22.3 Å². The summed E-state index contributed by atoms with van der Waals surface area (Å²) >= 11 is 0. The summed E-state index contributed by atoms with van der Waals surface area (Å²) in [5, 5.41) is 4.62. The Labute approximate surface area is 169 Å². The monoisotopic (exact) mass is 410 g/mol. The quantitative estimate of drug-likeness (QED) is 0.455. The van der Waals surface area contributed by atoms with E-state index < -0.39 is 17.3 Å². The zero-order valence-electron chi connectivity index (χ0n) is 16.0. The van der Waals surface area contributed by atoms with E-state index in [2.05, 4.69) is 10.1 Å². The summed E-state index contributed by atoms with van der Waals surface area (Å²) in [7, 11) is 0. The van der Waals surface area contributed by atoms with Gasteiger partial charge in [0.25, 0.3) is 5.56 Å². The van der Waals surface area contributed by atoms with E-state index in [1.165, 1.54) is 18.3 Å². The molecule has 5 nitrogen and oxygen atoms in total. The van der Waals surface area contributed by atoms with Gasteiger partial charge in [-0.25, -0.2) is 4.98 Å². The van der Waals surface area contributed by atoms with Gasteiger partial charge in [-0.1, -0.05) is 24.3 Å². The zero-order valence-corrected chi connectivity index (χ0v) is 16.0.